The first-order valence-corrected chi connectivity index (χ1v) is 8.44. The number of amides is 1. The van der Waals surface area contributed by atoms with Gasteiger partial charge in [0.1, 0.15) is 5.82 Å². The molecule has 0 aromatic heterocycles. The van der Waals surface area contributed by atoms with Crippen molar-refractivity contribution in [2.45, 2.75) is 13.8 Å². The number of thioether (sulfide) groups is 1. The molecular weight excluding hydrogens is 347 g/mol. The molecule has 1 fully saturated rings. The zero-order chi connectivity index (χ0) is 17.3. The maximum atomic E-state index is 13.9. The molecule has 1 N–H and O–H groups in total. The van der Waals surface area contributed by atoms with E-state index in [2.05, 4.69) is 10.3 Å². The molecule has 24 heavy (non-hydrogen) atoms. The maximum absolute atomic E-state index is 13.9. The summed E-state index contributed by atoms with van der Waals surface area (Å²) in [6.07, 6.45) is 1.45. The van der Waals surface area contributed by atoms with Gasteiger partial charge >= 0.3 is 0 Å². The molecule has 3 rings (SSSR count). The Balaban J connectivity index is 1.92. The fourth-order valence-electron chi connectivity index (χ4n) is 2.21. The largest absolute Gasteiger partial charge is 0.300 e. The molecule has 2 aromatic carbocycles. The number of nitrogens with one attached hydrogen (secondary N) is 1. The predicted octanol–water partition coefficient (Wildman–Crippen LogP) is 4.99. The van der Waals surface area contributed by atoms with Crippen molar-refractivity contribution in [2.75, 3.05) is 0 Å². The summed E-state index contributed by atoms with van der Waals surface area (Å²) in [5, 5.41) is 3.42. The van der Waals surface area contributed by atoms with Crippen LogP contribution in [0.1, 0.15) is 16.7 Å². The SMILES string of the molecule is Cc1ccc(C)c(N=C2NC(=O)/C(=C/c3c(F)cccc3Cl)S2)c1. The topological polar surface area (TPSA) is 41.5 Å². The normalized spacial score (nSPS) is 17.6. The van der Waals surface area contributed by atoms with Crippen molar-refractivity contribution < 1.29 is 9.18 Å². The van der Waals surface area contributed by atoms with Crippen molar-refractivity contribution >= 4 is 46.2 Å². The molecule has 0 radical (unpaired) electrons. The summed E-state index contributed by atoms with van der Waals surface area (Å²) in [7, 11) is 0. The molecule has 122 valence electrons. The van der Waals surface area contributed by atoms with Gasteiger partial charge in [0.05, 0.1) is 15.6 Å². The van der Waals surface area contributed by atoms with Crippen molar-refractivity contribution in [3.63, 3.8) is 0 Å². The van der Waals surface area contributed by atoms with E-state index in [0.29, 0.717) is 10.1 Å². The van der Waals surface area contributed by atoms with Crippen LogP contribution in [0.4, 0.5) is 10.1 Å². The van der Waals surface area contributed by atoms with Crippen molar-refractivity contribution in [3.05, 3.63) is 68.8 Å². The first kappa shape index (κ1) is 16.7. The van der Waals surface area contributed by atoms with Gasteiger partial charge in [-0.05, 0) is 61.0 Å². The Morgan fingerprint density at radius 2 is 2.04 bits per heavy atom. The first-order valence-electron chi connectivity index (χ1n) is 7.25. The summed E-state index contributed by atoms with van der Waals surface area (Å²) < 4.78 is 13.9. The third kappa shape index (κ3) is 3.52. The summed E-state index contributed by atoms with van der Waals surface area (Å²) >= 11 is 7.17. The number of aryl methyl sites for hydroxylation is 2. The number of aliphatic imine (C=N–C) groups is 1. The number of hydrogen-bond acceptors (Lipinski definition) is 3. The smallest absolute Gasteiger partial charge is 0.264 e. The van der Waals surface area contributed by atoms with Gasteiger partial charge in [-0.2, -0.15) is 0 Å². The Hall–Kier alpha value is -2.11. The minimum atomic E-state index is -0.469. The van der Waals surface area contributed by atoms with Crippen molar-refractivity contribution in [1.82, 2.24) is 5.32 Å². The quantitative estimate of drug-likeness (QED) is 0.767. The first-order chi connectivity index (χ1) is 11.4. The molecule has 6 heteroatoms. The minimum absolute atomic E-state index is 0.199. The lowest BCUT2D eigenvalue weighted by atomic mass is 10.1. The summed E-state index contributed by atoms with van der Waals surface area (Å²) in [6.45, 7) is 3.94. The number of nitrogens with zero attached hydrogens (tertiary/aromatic N) is 1. The molecule has 1 amide bonds. The summed E-state index contributed by atoms with van der Waals surface area (Å²) in [4.78, 5) is 16.9. The lowest BCUT2D eigenvalue weighted by Crippen LogP contribution is -2.19. The van der Waals surface area contributed by atoms with E-state index in [1.54, 1.807) is 6.07 Å². The van der Waals surface area contributed by atoms with Gasteiger partial charge in [-0.3, -0.25) is 4.79 Å². The zero-order valence-corrected chi connectivity index (χ0v) is 14.6. The maximum Gasteiger partial charge on any atom is 0.264 e. The predicted molar refractivity (Wildman–Crippen MR) is 98.1 cm³/mol. The number of amidine groups is 1. The Labute approximate surface area is 148 Å². The van der Waals surface area contributed by atoms with E-state index < -0.39 is 5.82 Å². The molecule has 0 spiro atoms. The fraction of sp³-hybridized carbons (Fsp3) is 0.111. The second-order valence-electron chi connectivity index (χ2n) is 5.41. The van der Waals surface area contributed by atoms with Gasteiger partial charge in [0.15, 0.2) is 5.17 Å². The van der Waals surface area contributed by atoms with Crippen LogP contribution >= 0.6 is 23.4 Å². The Kier molecular flexibility index (Phi) is 4.73. The number of halogens is 2. The van der Waals surface area contributed by atoms with Gasteiger partial charge in [0, 0.05) is 5.56 Å². The lowest BCUT2D eigenvalue weighted by molar-refractivity contribution is -0.115. The van der Waals surface area contributed by atoms with Gasteiger partial charge in [-0.15, -0.1) is 0 Å². The van der Waals surface area contributed by atoms with E-state index in [4.69, 9.17) is 11.6 Å². The van der Waals surface area contributed by atoms with E-state index in [-0.39, 0.29) is 16.5 Å². The number of hydrogen-bond donors (Lipinski definition) is 1. The van der Waals surface area contributed by atoms with Crippen molar-refractivity contribution in [1.29, 1.82) is 0 Å². The van der Waals surface area contributed by atoms with Crippen molar-refractivity contribution in [2.24, 2.45) is 4.99 Å². The van der Waals surface area contributed by atoms with E-state index in [9.17, 15) is 9.18 Å². The van der Waals surface area contributed by atoms with Gasteiger partial charge < -0.3 is 5.32 Å². The van der Waals surface area contributed by atoms with Crippen LogP contribution in [0.3, 0.4) is 0 Å². The number of carbonyl (C=O) groups is 1. The molecule has 2 aromatic rings. The lowest BCUT2D eigenvalue weighted by Gasteiger charge is -2.02. The second-order valence-corrected chi connectivity index (χ2v) is 6.84. The average Bonchev–Trinajstić information content (AvgIpc) is 2.86. The van der Waals surface area contributed by atoms with Crippen LogP contribution in [0.5, 0.6) is 0 Å². The Morgan fingerprint density at radius 1 is 1.25 bits per heavy atom. The van der Waals surface area contributed by atoms with Gasteiger partial charge in [-0.25, -0.2) is 9.38 Å². The molecule has 1 heterocycles. The summed E-state index contributed by atoms with van der Waals surface area (Å²) in [5.41, 5.74) is 3.09. The minimum Gasteiger partial charge on any atom is -0.300 e. The van der Waals surface area contributed by atoms with E-state index in [1.165, 1.54) is 30.0 Å². The summed E-state index contributed by atoms with van der Waals surface area (Å²) in [5.74, 6) is -0.785. The zero-order valence-electron chi connectivity index (χ0n) is 13.1. The number of carbonyl (C=O) groups excluding carboxylic acids is 1. The highest BCUT2D eigenvalue weighted by atomic mass is 35.5. The van der Waals surface area contributed by atoms with Gasteiger partial charge in [0.2, 0.25) is 0 Å². The van der Waals surface area contributed by atoms with E-state index >= 15 is 0 Å². The highest BCUT2D eigenvalue weighted by Crippen LogP contribution is 2.31. The summed E-state index contributed by atoms with van der Waals surface area (Å²) in [6, 6.07) is 10.3. The Bertz CT molecular complexity index is 872. The third-order valence-electron chi connectivity index (χ3n) is 3.51. The molecule has 0 saturated carbocycles. The standard InChI is InChI=1S/C18H14ClFN2OS/c1-10-6-7-11(2)15(8-10)21-18-22-17(23)16(24-18)9-12-13(19)4-3-5-14(12)20/h3-9H,1-2H3,(H,21,22,23)/b16-9-. The molecule has 3 nitrogen and oxygen atoms in total. The van der Waals surface area contributed by atoms with Crippen LogP contribution in [0.15, 0.2) is 46.3 Å². The van der Waals surface area contributed by atoms with Crippen LogP contribution in [0.25, 0.3) is 6.08 Å². The molecule has 0 unspecified atom stereocenters. The van der Waals surface area contributed by atoms with Crippen LogP contribution in [-0.2, 0) is 4.79 Å². The monoisotopic (exact) mass is 360 g/mol. The third-order valence-corrected chi connectivity index (χ3v) is 4.75. The molecule has 0 bridgehead atoms. The molecule has 0 aliphatic carbocycles. The highest BCUT2D eigenvalue weighted by molar-refractivity contribution is 8.18. The molecule has 1 saturated heterocycles. The molecular formula is C18H14ClFN2OS. The fourth-order valence-corrected chi connectivity index (χ4v) is 3.24. The molecule has 1 aliphatic heterocycles. The van der Waals surface area contributed by atoms with Crippen LogP contribution < -0.4 is 5.32 Å². The van der Waals surface area contributed by atoms with Crippen molar-refractivity contribution in [3.8, 4) is 0 Å². The molecule has 0 atom stereocenters. The molecule has 1 aliphatic rings. The van der Waals surface area contributed by atoms with Crippen LogP contribution in [0, 0.1) is 19.7 Å². The number of benzene rings is 2. The van der Waals surface area contributed by atoms with Crippen LogP contribution in [-0.4, -0.2) is 11.1 Å². The average molecular weight is 361 g/mol. The second kappa shape index (κ2) is 6.79. The van der Waals surface area contributed by atoms with E-state index in [1.807, 2.05) is 32.0 Å². The van der Waals surface area contributed by atoms with Gasteiger partial charge in [-0.1, -0.05) is 29.8 Å². The van der Waals surface area contributed by atoms with Gasteiger partial charge in [0.25, 0.3) is 5.91 Å². The van der Waals surface area contributed by atoms with E-state index in [0.717, 1.165) is 16.8 Å². The Morgan fingerprint density at radius 3 is 2.79 bits per heavy atom. The van der Waals surface area contributed by atoms with Crippen LogP contribution in [0.2, 0.25) is 5.02 Å². The number of rotatable bonds is 2. The highest BCUT2D eigenvalue weighted by Gasteiger charge is 2.24.